The Hall–Kier alpha value is -1.79. The predicted molar refractivity (Wildman–Crippen MR) is 47.1 cm³/mol. The summed E-state index contributed by atoms with van der Waals surface area (Å²) in [5, 5.41) is 10.6. The Morgan fingerprint density at radius 3 is 2.60 bits per heavy atom. The van der Waals surface area contributed by atoms with Gasteiger partial charge in [0.05, 0.1) is 18.2 Å². The Labute approximate surface area is 83.8 Å². The van der Waals surface area contributed by atoms with Crippen LogP contribution in [0.4, 0.5) is 14.5 Å². The van der Waals surface area contributed by atoms with Crippen molar-refractivity contribution in [1.29, 1.82) is 0 Å². The second-order valence-corrected chi connectivity index (χ2v) is 2.73. The average Bonchev–Trinajstić information content (AvgIpc) is 2.16. The smallest absolute Gasteiger partial charge is 0.303 e. The molecule has 0 saturated carbocycles. The van der Waals surface area contributed by atoms with Crippen molar-refractivity contribution in [3.8, 4) is 5.75 Å². The number of hydrogen-bond donors (Lipinski definition) is 0. The maximum absolute atomic E-state index is 12.6. The lowest BCUT2D eigenvalue weighted by Gasteiger charge is -2.08. The van der Waals surface area contributed by atoms with Crippen LogP contribution >= 0.6 is 0 Å². The molecule has 0 atom stereocenters. The van der Waals surface area contributed by atoms with E-state index in [9.17, 15) is 18.9 Å². The minimum absolute atomic E-state index is 0.0592. The van der Waals surface area contributed by atoms with Crippen LogP contribution in [0.1, 0.15) is 17.7 Å². The first kappa shape index (κ1) is 11.3. The van der Waals surface area contributed by atoms with Gasteiger partial charge in [0.1, 0.15) is 11.3 Å². The molecule has 0 saturated heterocycles. The maximum Gasteiger partial charge on any atom is 0.303 e. The van der Waals surface area contributed by atoms with E-state index in [1.807, 2.05) is 0 Å². The van der Waals surface area contributed by atoms with Gasteiger partial charge in [-0.2, -0.15) is 0 Å². The van der Waals surface area contributed by atoms with Crippen molar-refractivity contribution in [3.63, 3.8) is 0 Å². The lowest BCUT2D eigenvalue weighted by Crippen LogP contribution is -2.03. The second-order valence-electron chi connectivity index (χ2n) is 2.73. The number of halogens is 2. The van der Waals surface area contributed by atoms with Gasteiger partial charge in [-0.1, -0.05) is 0 Å². The summed E-state index contributed by atoms with van der Waals surface area (Å²) < 4.78 is 29.8. The van der Waals surface area contributed by atoms with E-state index in [4.69, 9.17) is 0 Å². The Kier molecular flexibility index (Phi) is 3.13. The molecular weight excluding hydrogens is 210 g/mol. The number of rotatable bonds is 3. The fraction of sp³-hybridized carbons (Fsp3) is 0.375. The van der Waals surface area contributed by atoms with Crippen molar-refractivity contribution >= 4 is 5.69 Å². The lowest BCUT2D eigenvalue weighted by molar-refractivity contribution is -0.387. The minimum Gasteiger partial charge on any atom is -0.494 e. The fourth-order valence-corrected chi connectivity index (χ4v) is 1.20. The Morgan fingerprint density at radius 1 is 1.60 bits per heavy atom. The predicted octanol–water partition coefficient (Wildman–Crippen LogP) is 2.24. The lowest BCUT2D eigenvalue weighted by atomic mass is 10.1. The molecule has 1 aromatic rings. The molecule has 0 unspecified atom stereocenters. The summed E-state index contributed by atoms with van der Waals surface area (Å²) in [5.74, 6) is -0.276. The van der Waals surface area contributed by atoms with Gasteiger partial charge in [0.2, 0.25) is 0 Å². The average molecular weight is 218 g/mol. The van der Waals surface area contributed by atoms with Crippen LogP contribution in [-0.4, -0.2) is 17.0 Å². The first-order valence-corrected chi connectivity index (χ1v) is 3.95. The number of pyridine rings is 1. The quantitative estimate of drug-likeness (QED) is 0.576. The van der Waals surface area contributed by atoms with E-state index in [1.165, 1.54) is 6.92 Å². The molecule has 0 aliphatic carbocycles. The van der Waals surface area contributed by atoms with Crippen LogP contribution in [0.5, 0.6) is 5.75 Å². The van der Waals surface area contributed by atoms with E-state index in [0.29, 0.717) is 0 Å². The minimum atomic E-state index is -2.97. The molecule has 1 heterocycles. The summed E-state index contributed by atoms with van der Waals surface area (Å²) in [5.41, 5.74) is -1.48. The molecule has 15 heavy (non-hydrogen) atoms. The molecule has 0 spiro atoms. The van der Waals surface area contributed by atoms with Gasteiger partial charge < -0.3 is 4.74 Å². The Morgan fingerprint density at radius 2 is 2.20 bits per heavy atom. The van der Waals surface area contributed by atoms with E-state index in [0.717, 1.165) is 13.3 Å². The van der Waals surface area contributed by atoms with Gasteiger partial charge in [-0.05, 0) is 6.92 Å². The monoisotopic (exact) mass is 218 g/mol. The van der Waals surface area contributed by atoms with Gasteiger partial charge in [0, 0.05) is 0 Å². The fourth-order valence-electron chi connectivity index (χ4n) is 1.20. The van der Waals surface area contributed by atoms with Gasteiger partial charge in [-0.15, -0.1) is 0 Å². The molecule has 1 aromatic heterocycles. The van der Waals surface area contributed by atoms with E-state index >= 15 is 0 Å². The highest BCUT2D eigenvalue weighted by Crippen LogP contribution is 2.37. The molecule has 0 radical (unpaired) electrons. The van der Waals surface area contributed by atoms with Gasteiger partial charge in [0.15, 0.2) is 5.75 Å². The third-order valence-electron chi connectivity index (χ3n) is 1.86. The van der Waals surface area contributed by atoms with Crippen LogP contribution in [-0.2, 0) is 0 Å². The first-order chi connectivity index (χ1) is 6.99. The molecule has 0 fully saturated rings. The van der Waals surface area contributed by atoms with Crippen molar-refractivity contribution in [2.75, 3.05) is 7.11 Å². The van der Waals surface area contributed by atoms with Gasteiger partial charge in [0.25, 0.3) is 6.43 Å². The number of nitro groups is 1. The Bertz CT molecular complexity index is 396. The summed E-state index contributed by atoms with van der Waals surface area (Å²) >= 11 is 0. The summed E-state index contributed by atoms with van der Waals surface area (Å²) in [6, 6.07) is 0. The zero-order valence-electron chi connectivity index (χ0n) is 8.03. The van der Waals surface area contributed by atoms with E-state index < -0.39 is 22.6 Å². The van der Waals surface area contributed by atoms with Crippen LogP contribution in [0.3, 0.4) is 0 Å². The summed E-state index contributed by atoms with van der Waals surface area (Å²) in [4.78, 5) is 13.3. The summed E-state index contributed by atoms with van der Waals surface area (Å²) in [7, 11) is 1.15. The standard InChI is InChI=1S/C8H8F2N2O3/c1-4-7(12(13)14)6(8(9)10)5(15-2)3-11-4/h3,8H,1-2H3. The molecule has 7 heteroatoms. The first-order valence-electron chi connectivity index (χ1n) is 3.95. The molecule has 0 N–H and O–H groups in total. The molecule has 0 aliphatic rings. The van der Waals surface area contributed by atoms with Crippen molar-refractivity contribution < 1.29 is 18.4 Å². The van der Waals surface area contributed by atoms with Crippen molar-refractivity contribution in [2.24, 2.45) is 0 Å². The van der Waals surface area contributed by atoms with Gasteiger partial charge in [-0.3, -0.25) is 15.1 Å². The highest BCUT2D eigenvalue weighted by molar-refractivity contribution is 5.51. The normalized spacial score (nSPS) is 10.5. The highest BCUT2D eigenvalue weighted by atomic mass is 19.3. The van der Waals surface area contributed by atoms with E-state index in [1.54, 1.807) is 0 Å². The summed E-state index contributed by atoms with van der Waals surface area (Å²) in [6.07, 6.45) is -1.92. The number of alkyl halides is 2. The molecule has 0 aromatic carbocycles. The molecule has 5 nitrogen and oxygen atoms in total. The van der Waals surface area contributed by atoms with E-state index in [2.05, 4.69) is 9.72 Å². The summed E-state index contributed by atoms with van der Waals surface area (Å²) in [6.45, 7) is 1.30. The molecule has 82 valence electrons. The highest BCUT2D eigenvalue weighted by Gasteiger charge is 2.29. The van der Waals surface area contributed by atoms with Crippen LogP contribution in [0.25, 0.3) is 0 Å². The number of ether oxygens (including phenoxy) is 1. The van der Waals surface area contributed by atoms with E-state index in [-0.39, 0.29) is 11.4 Å². The molecule has 0 bridgehead atoms. The molecular formula is C8H8F2N2O3. The zero-order valence-corrected chi connectivity index (χ0v) is 8.03. The zero-order chi connectivity index (χ0) is 11.6. The third-order valence-corrected chi connectivity index (χ3v) is 1.86. The number of hydrogen-bond acceptors (Lipinski definition) is 4. The van der Waals surface area contributed by atoms with Crippen LogP contribution in [0.2, 0.25) is 0 Å². The molecule has 1 rings (SSSR count). The van der Waals surface area contributed by atoms with Crippen molar-refractivity contribution in [2.45, 2.75) is 13.3 Å². The largest absolute Gasteiger partial charge is 0.494 e. The van der Waals surface area contributed by atoms with Gasteiger partial charge >= 0.3 is 5.69 Å². The number of aryl methyl sites for hydroxylation is 1. The second kappa shape index (κ2) is 4.16. The van der Waals surface area contributed by atoms with Crippen LogP contribution in [0.15, 0.2) is 6.20 Å². The molecule has 0 amide bonds. The Balaban J connectivity index is 3.51. The van der Waals surface area contributed by atoms with Crippen molar-refractivity contribution in [3.05, 3.63) is 27.6 Å². The third kappa shape index (κ3) is 2.00. The number of aromatic nitrogens is 1. The maximum atomic E-state index is 12.6. The van der Waals surface area contributed by atoms with Crippen LogP contribution < -0.4 is 4.74 Å². The topological polar surface area (TPSA) is 65.3 Å². The number of methoxy groups -OCH3 is 1. The molecule has 0 aliphatic heterocycles. The SMILES string of the molecule is COc1cnc(C)c([N+](=O)[O-])c1C(F)F. The van der Waals surface area contributed by atoms with Crippen molar-refractivity contribution in [1.82, 2.24) is 4.98 Å². The van der Waals surface area contributed by atoms with Gasteiger partial charge in [-0.25, -0.2) is 8.78 Å². The number of nitrogens with zero attached hydrogens (tertiary/aromatic N) is 2. The van der Waals surface area contributed by atoms with Crippen LogP contribution in [0, 0.1) is 17.0 Å².